The standard InChI is InChI=1S/C28H32FN3O4S/c1-5-30-28(34)22(4)31(18-23-11-9-10-14-26(23)29)27(33)19-32(24-16-20(2)15-21(3)17-24)37(35,36)25-12-7-6-8-13-25/h6-17,22H,5,18-19H2,1-4H3,(H,30,34). The van der Waals surface area contributed by atoms with Gasteiger partial charge in [0.2, 0.25) is 11.8 Å². The van der Waals surface area contributed by atoms with Crippen LogP contribution in [0.25, 0.3) is 0 Å². The van der Waals surface area contributed by atoms with Gasteiger partial charge >= 0.3 is 0 Å². The predicted octanol–water partition coefficient (Wildman–Crippen LogP) is 4.19. The summed E-state index contributed by atoms with van der Waals surface area (Å²) < 4.78 is 43.0. The van der Waals surface area contributed by atoms with Gasteiger partial charge in [-0.1, -0.05) is 42.5 Å². The topological polar surface area (TPSA) is 86.8 Å². The molecule has 0 saturated heterocycles. The van der Waals surface area contributed by atoms with E-state index in [2.05, 4.69) is 5.32 Å². The molecule has 3 rings (SSSR count). The van der Waals surface area contributed by atoms with Gasteiger partial charge in [0.15, 0.2) is 0 Å². The largest absolute Gasteiger partial charge is 0.355 e. The number of nitrogens with one attached hydrogen (secondary N) is 1. The third-order valence-corrected chi connectivity index (χ3v) is 7.71. The molecular formula is C28H32FN3O4S. The SMILES string of the molecule is CCNC(=O)C(C)N(Cc1ccccc1F)C(=O)CN(c1cc(C)cc(C)c1)S(=O)(=O)c1ccccc1. The molecule has 0 saturated carbocycles. The molecular weight excluding hydrogens is 493 g/mol. The number of aryl methyl sites for hydroxylation is 2. The summed E-state index contributed by atoms with van der Waals surface area (Å²) in [5.41, 5.74) is 2.20. The number of benzene rings is 3. The lowest BCUT2D eigenvalue weighted by Crippen LogP contribution is -2.51. The van der Waals surface area contributed by atoms with E-state index in [0.717, 1.165) is 15.4 Å². The summed E-state index contributed by atoms with van der Waals surface area (Å²) in [5.74, 6) is -1.58. The summed E-state index contributed by atoms with van der Waals surface area (Å²) in [6, 6.07) is 18.1. The van der Waals surface area contributed by atoms with Crippen molar-refractivity contribution < 1.29 is 22.4 Å². The Morgan fingerprint density at radius 1 is 0.946 bits per heavy atom. The van der Waals surface area contributed by atoms with Gasteiger partial charge in [-0.25, -0.2) is 12.8 Å². The van der Waals surface area contributed by atoms with Crippen molar-refractivity contribution in [2.45, 2.75) is 45.2 Å². The lowest BCUT2D eigenvalue weighted by atomic mass is 10.1. The molecule has 9 heteroatoms. The van der Waals surface area contributed by atoms with Crippen LogP contribution >= 0.6 is 0 Å². The quantitative estimate of drug-likeness (QED) is 0.430. The van der Waals surface area contributed by atoms with Crippen LogP contribution in [0.5, 0.6) is 0 Å². The van der Waals surface area contributed by atoms with Crippen LogP contribution < -0.4 is 9.62 Å². The van der Waals surface area contributed by atoms with Gasteiger partial charge in [-0.2, -0.15) is 0 Å². The fraction of sp³-hybridized carbons (Fsp3) is 0.286. The minimum absolute atomic E-state index is 0.0272. The van der Waals surface area contributed by atoms with Gasteiger partial charge in [-0.15, -0.1) is 0 Å². The summed E-state index contributed by atoms with van der Waals surface area (Å²) in [4.78, 5) is 27.7. The molecule has 1 unspecified atom stereocenters. The van der Waals surface area contributed by atoms with E-state index in [9.17, 15) is 22.4 Å². The van der Waals surface area contributed by atoms with E-state index in [4.69, 9.17) is 0 Å². The number of carbonyl (C=O) groups excluding carboxylic acids is 2. The second-order valence-electron chi connectivity index (χ2n) is 8.85. The van der Waals surface area contributed by atoms with Gasteiger partial charge in [0.1, 0.15) is 18.4 Å². The highest BCUT2D eigenvalue weighted by Gasteiger charge is 2.32. The molecule has 0 aliphatic rings. The summed E-state index contributed by atoms with van der Waals surface area (Å²) in [5, 5.41) is 2.68. The lowest BCUT2D eigenvalue weighted by molar-refractivity contribution is -0.139. The maximum atomic E-state index is 14.5. The van der Waals surface area contributed by atoms with Crippen LogP contribution in [0.1, 0.15) is 30.5 Å². The maximum Gasteiger partial charge on any atom is 0.264 e. The van der Waals surface area contributed by atoms with Crippen LogP contribution in [0, 0.1) is 19.7 Å². The molecule has 0 aliphatic carbocycles. The molecule has 196 valence electrons. The van der Waals surface area contributed by atoms with Gasteiger partial charge in [0, 0.05) is 18.7 Å². The average molecular weight is 526 g/mol. The Hall–Kier alpha value is -3.72. The number of nitrogens with zero attached hydrogens (tertiary/aromatic N) is 2. The zero-order valence-electron chi connectivity index (χ0n) is 21.4. The van der Waals surface area contributed by atoms with Gasteiger partial charge < -0.3 is 10.2 Å². The number of carbonyl (C=O) groups is 2. The minimum atomic E-state index is -4.14. The summed E-state index contributed by atoms with van der Waals surface area (Å²) in [6.07, 6.45) is 0. The zero-order valence-corrected chi connectivity index (χ0v) is 22.3. The molecule has 3 aromatic rings. The molecule has 0 fully saturated rings. The Kier molecular flexibility index (Phi) is 9.04. The van der Waals surface area contributed by atoms with Crippen LogP contribution in [0.3, 0.4) is 0 Å². The van der Waals surface area contributed by atoms with E-state index < -0.39 is 40.2 Å². The molecule has 1 N–H and O–H groups in total. The summed E-state index contributed by atoms with van der Waals surface area (Å²) >= 11 is 0. The smallest absolute Gasteiger partial charge is 0.264 e. The van der Waals surface area contributed by atoms with Crippen molar-refractivity contribution >= 4 is 27.5 Å². The number of sulfonamides is 1. The fourth-order valence-electron chi connectivity index (χ4n) is 4.06. The second kappa shape index (κ2) is 12.0. The first-order chi connectivity index (χ1) is 17.5. The Labute approximate surface area is 218 Å². The van der Waals surface area contributed by atoms with E-state index in [1.807, 2.05) is 19.9 Å². The van der Waals surface area contributed by atoms with E-state index in [1.165, 1.54) is 42.2 Å². The lowest BCUT2D eigenvalue weighted by Gasteiger charge is -2.32. The Bertz CT molecular complexity index is 1340. The molecule has 0 radical (unpaired) electrons. The second-order valence-corrected chi connectivity index (χ2v) is 10.7. The van der Waals surface area contributed by atoms with Crippen molar-refractivity contribution in [3.8, 4) is 0 Å². The van der Waals surface area contributed by atoms with Gasteiger partial charge in [0.05, 0.1) is 10.6 Å². The van der Waals surface area contributed by atoms with Crippen LogP contribution in [0.4, 0.5) is 10.1 Å². The number of rotatable bonds is 10. The predicted molar refractivity (Wildman–Crippen MR) is 142 cm³/mol. The Morgan fingerprint density at radius 3 is 2.14 bits per heavy atom. The van der Waals surface area contributed by atoms with Crippen molar-refractivity contribution in [2.24, 2.45) is 0 Å². The Morgan fingerprint density at radius 2 is 1.54 bits per heavy atom. The highest BCUT2D eigenvalue weighted by Crippen LogP contribution is 2.26. The molecule has 37 heavy (non-hydrogen) atoms. The van der Waals surface area contributed by atoms with Crippen LogP contribution in [0.15, 0.2) is 77.7 Å². The number of amides is 2. The maximum absolute atomic E-state index is 14.5. The van der Waals surface area contributed by atoms with Crippen LogP contribution in [-0.2, 0) is 26.2 Å². The summed E-state index contributed by atoms with van der Waals surface area (Å²) in [6.45, 7) is 6.55. The highest BCUT2D eigenvalue weighted by atomic mass is 32.2. The van der Waals surface area contributed by atoms with Crippen molar-refractivity contribution in [1.29, 1.82) is 0 Å². The molecule has 3 aromatic carbocycles. The third-order valence-electron chi connectivity index (χ3n) is 5.92. The highest BCUT2D eigenvalue weighted by molar-refractivity contribution is 7.92. The first kappa shape index (κ1) is 27.9. The molecule has 7 nitrogen and oxygen atoms in total. The molecule has 0 heterocycles. The number of likely N-dealkylation sites (N-methyl/N-ethyl adjacent to an activating group) is 1. The van der Waals surface area contributed by atoms with Gasteiger partial charge in [-0.3, -0.25) is 13.9 Å². The minimum Gasteiger partial charge on any atom is -0.355 e. The van der Waals surface area contributed by atoms with Crippen LogP contribution in [0.2, 0.25) is 0 Å². The number of hydrogen-bond donors (Lipinski definition) is 1. The molecule has 1 atom stereocenters. The van der Waals surface area contributed by atoms with E-state index in [1.54, 1.807) is 43.3 Å². The zero-order chi connectivity index (χ0) is 27.2. The van der Waals surface area contributed by atoms with Crippen molar-refractivity contribution in [1.82, 2.24) is 10.2 Å². The van der Waals surface area contributed by atoms with E-state index in [-0.39, 0.29) is 17.0 Å². The molecule has 0 aliphatic heterocycles. The number of anilines is 1. The van der Waals surface area contributed by atoms with Gasteiger partial charge in [-0.05, 0) is 69.2 Å². The monoisotopic (exact) mass is 525 g/mol. The van der Waals surface area contributed by atoms with Crippen molar-refractivity contribution in [3.05, 3.63) is 95.3 Å². The van der Waals surface area contributed by atoms with E-state index in [0.29, 0.717) is 12.2 Å². The third kappa shape index (κ3) is 6.74. The number of halogens is 1. The van der Waals surface area contributed by atoms with Crippen molar-refractivity contribution in [3.63, 3.8) is 0 Å². The normalized spacial score (nSPS) is 12.0. The first-order valence-corrected chi connectivity index (χ1v) is 13.4. The van der Waals surface area contributed by atoms with Crippen molar-refractivity contribution in [2.75, 3.05) is 17.4 Å². The molecule has 0 spiro atoms. The fourth-order valence-corrected chi connectivity index (χ4v) is 5.48. The molecule has 2 amide bonds. The van der Waals surface area contributed by atoms with Crippen LogP contribution in [-0.4, -0.2) is 44.3 Å². The number of hydrogen-bond acceptors (Lipinski definition) is 4. The Balaban J connectivity index is 2.06. The molecule has 0 aromatic heterocycles. The summed E-state index contributed by atoms with van der Waals surface area (Å²) in [7, 11) is -4.14. The molecule has 0 bridgehead atoms. The first-order valence-electron chi connectivity index (χ1n) is 12.0. The van der Waals surface area contributed by atoms with E-state index >= 15 is 0 Å². The average Bonchev–Trinajstić information content (AvgIpc) is 2.86. The van der Waals surface area contributed by atoms with Gasteiger partial charge in [0.25, 0.3) is 10.0 Å².